The van der Waals surface area contributed by atoms with Crippen molar-refractivity contribution in [1.82, 2.24) is 0 Å². The minimum atomic E-state index is -1.27. The number of hydrogen-bond donors (Lipinski definition) is 0. The largest absolute Gasteiger partial charge is 0.466 e. The molecule has 3 aromatic rings. The van der Waals surface area contributed by atoms with Crippen molar-refractivity contribution in [1.29, 1.82) is 0 Å². The Morgan fingerprint density at radius 3 is 2.34 bits per heavy atom. The van der Waals surface area contributed by atoms with E-state index in [1.165, 1.54) is 24.2 Å². The van der Waals surface area contributed by atoms with Crippen molar-refractivity contribution in [3.05, 3.63) is 89.8 Å². The summed E-state index contributed by atoms with van der Waals surface area (Å²) in [5, 5.41) is 0. The molecule has 0 radical (unpaired) electrons. The van der Waals surface area contributed by atoms with Gasteiger partial charge < -0.3 is 14.5 Å². The summed E-state index contributed by atoms with van der Waals surface area (Å²) in [5.41, 5.74) is 3.90. The lowest BCUT2D eigenvalue weighted by Crippen LogP contribution is -2.37. The second-order valence-corrected chi connectivity index (χ2v) is 9.80. The van der Waals surface area contributed by atoms with Gasteiger partial charge >= 0.3 is 5.97 Å². The van der Waals surface area contributed by atoms with Gasteiger partial charge in [-0.2, -0.15) is 0 Å². The van der Waals surface area contributed by atoms with Crippen LogP contribution in [0, 0.1) is 11.7 Å². The molecule has 3 aromatic carbocycles. The maximum absolute atomic E-state index is 15.6. The van der Waals surface area contributed by atoms with E-state index in [1.807, 2.05) is 43.3 Å². The van der Waals surface area contributed by atoms with Gasteiger partial charge in [0.1, 0.15) is 5.82 Å². The molecule has 0 heterocycles. The molecule has 0 aromatic heterocycles. The van der Waals surface area contributed by atoms with E-state index in [4.69, 9.17) is 1.37 Å². The van der Waals surface area contributed by atoms with Gasteiger partial charge in [-0.25, -0.2) is 9.18 Å². The van der Waals surface area contributed by atoms with Crippen LogP contribution in [-0.4, -0.2) is 33.1 Å². The van der Waals surface area contributed by atoms with Gasteiger partial charge in [-0.3, -0.25) is 4.79 Å². The molecule has 0 spiro atoms. The van der Waals surface area contributed by atoms with E-state index in [2.05, 4.69) is 4.74 Å². The van der Waals surface area contributed by atoms with Crippen LogP contribution in [0.4, 0.5) is 15.8 Å². The first-order chi connectivity index (χ1) is 18.8. The molecule has 198 valence electrons. The molecule has 1 aliphatic carbocycles. The van der Waals surface area contributed by atoms with Crippen LogP contribution in [0.3, 0.4) is 0 Å². The fourth-order valence-corrected chi connectivity index (χ4v) is 4.72. The minimum absolute atomic E-state index is 0.128. The molecule has 0 bridgehead atoms. The van der Waals surface area contributed by atoms with Gasteiger partial charge in [0, 0.05) is 43.0 Å². The molecule has 1 atom stereocenters. The summed E-state index contributed by atoms with van der Waals surface area (Å²) in [6, 6.07) is 19.7. The highest BCUT2D eigenvalue weighted by Gasteiger charge is 2.28. The van der Waals surface area contributed by atoms with Crippen LogP contribution in [0.25, 0.3) is 17.2 Å². The summed E-state index contributed by atoms with van der Waals surface area (Å²) in [4.78, 5) is 28.8. The summed E-state index contributed by atoms with van der Waals surface area (Å²) < 4.78 is 29.3. The first-order valence-electron chi connectivity index (χ1n) is 13.5. The second-order valence-electron chi connectivity index (χ2n) is 9.80. The van der Waals surface area contributed by atoms with Crippen LogP contribution < -0.4 is 9.80 Å². The monoisotopic (exact) mass is 515 g/mol. The summed E-state index contributed by atoms with van der Waals surface area (Å²) >= 11 is 0. The second kappa shape index (κ2) is 12.5. The first kappa shape index (κ1) is 25.7. The third-order valence-corrected chi connectivity index (χ3v) is 6.94. The molecule has 1 fully saturated rings. The number of esters is 1. The van der Waals surface area contributed by atoms with Crippen molar-refractivity contribution >= 4 is 29.3 Å². The van der Waals surface area contributed by atoms with Crippen molar-refractivity contribution < 1.29 is 20.1 Å². The molecule has 1 amide bonds. The molecule has 0 saturated heterocycles. The molecule has 1 aliphatic rings. The Hall–Kier alpha value is -3.93. The van der Waals surface area contributed by atoms with Gasteiger partial charge in [0.2, 0.25) is 5.91 Å². The average Bonchev–Trinajstić information content (AvgIpc) is 2.96. The maximum Gasteiger partial charge on any atom is 0.330 e. The number of ether oxygens (including phenoxy) is 1. The molecule has 4 rings (SSSR count). The predicted octanol–water partition coefficient (Wildman–Crippen LogP) is 6.86. The number of methoxy groups -OCH3 is 1. The topological polar surface area (TPSA) is 49.9 Å². The number of nitrogens with zero attached hydrogens (tertiary/aromatic N) is 2. The van der Waals surface area contributed by atoms with Crippen molar-refractivity contribution in [2.45, 2.75) is 38.6 Å². The maximum atomic E-state index is 15.6. The summed E-state index contributed by atoms with van der Waals surface area (Å²) in [6.07, 6.45) is 7.42. The Bertz CT molecular complexity index is 1330. The van der Waals surface area contributed by atoms with Crippen LogP contribution in [0.2, 0.25) is 0 Å². The highest BCUT2D eigenvalue weighted by atomic mass is 19.1. The number of carbonyl (C=O) groups excluding carboxylic acids is 2. The molecular formula is C32H35FN2O3. The quantitative estimate of drug-likeness (QED) is 0.243. The number of benzene rings is 3. The molecule has 0 aliphatic heterocycles. The SMILES string of the molecule is [2H]C(c1ccc(-c2ccc(N(C)C)cc2)cc1F)N(C(=O)C1CCCCC1)c1cccc(/C=C/C(=O)OC)c1. The lowest BCUT2D eigenvalue weighted by molar-refractivity contribution is -0.134. The van der Waals surface area contributed by atoms with Crippen LogP contribution in [0.1, 0.15) is 44.6 Å². The van der Waals surface area contributed by atoms with Crippen molar-refractivity contribution in [3.63, 3.8) is 0 Å². The van der Waals surface area contributed by atoms with Gasteiger partial charge in [-0.05, 0) is 65.9 Å². The summed E-state index contributed by atoms with van der Waals surface area (Å²) in [7, 11) is 5.23. The van der Waals surface area contributed by atoms with Crippen LogP contribution in [0.15, 0.2) is 72.8 Å². The Kier molecular flexibility index (Phi) is 8.49. The van der Waals surface area contributed by atoms with Gasteiger partial charge in [0.05, 0.1) is 15.0 Å². The molecular weight excluding hydrogens is 479 g/mol. The standard InChI is InChI=1S/C32H35FN2O3/c1-34(2)28-17-15-24(16-18-28)26-13-14-27(30(33)21-26)22-35(32(37)25-9-5-4-6-10-25)29-11-7-8-23(20-29)12-19-31(36)38-3/h7-8,11-21,25H,4-6,9-10,22H2,1-3H3/b19-12+/i22D. The zero-order chi connectivity index (χ0) is 27.9. The van der Waals surface area contributed by atoms with Crippen LogP contribution >= 0.6 is 0 Å². The van der Waals surface area contributed by atoms with E-state index in [1.54, 1.807) is 42.5 Å². The van der Waals surface area contributed by atoms with E-state index < -0.39 is 18.3 Å². The van der Waals surface area contributed by atoms with Crippen molar-refractivity contribution in [3.8, 4) is 11.1 Å². The lowest BCUT2D eigenvalue weighted by Gasteiger charge is -2.30. The predicted molar refractivity (Wildman–Crippen MR) is 151 cm³/mol. The summed E-state index contributed by atoms with van der Waals surface area (Å²) in [5.74, 6) is -1.41. The molecule has 0 N–H and O–H groups in total. The van der Waals surface area contributed by atoms with Gasteiger partial charge in [0.15, 0.2) is 0 Å². The molecule has 1 unspecified atom stereocenters. The van der Waals surface area contributed by atoms with Gasteiger partial charge in [-0.1, -0.05) is 55.7 Å². The van der Waals surface area contributed by atoms with Crippen molar-refractivity contribution in [2.75, 3.05) is 31.0 Å². The van der Waals surface area contributed by atoms with E-state index in [-0.39, 0.29) is 17.4 Å². The Morgan fingerprint density at radius 1 is 0.974 bits per heavy atom. The lowest BCUT2D eigenvalue weighted by atomic mass is 9.88. The number of anilines is 2. The number of amides is 1. The molecule has 5 nitrogen and oxygen atoms in total. The van der Waals surface area contributed by atoms with E-state index in [9.17, 15) is 9.59 Å². The zero-order valence-corrected chi connectivity index (χ0v) is 22.2. The van der Waals surface area contributed by atoms with Gasteiger partial charge in [0.25, 0.3) is 0 Å². The Labute approximate surface area is 225 Å². The highest BCUT2D eigenvalue weighted by Crippen LogP contribution is 2.31. The first-order valence-corrected chi connectivity index (χ1v) is 13.0. The van der Waals surface area contributed by atoms with E-state index in [0.29, 0.717) is 16.8 Å². The van der Waals surface area contributed by atoms with Crippen LogP contribution in [-0.2, 0) is 20.8 Å². The highest BCUT2D eigenvalue weighted by molar-refractivity contribution is 5.95. The number of carbonyl (C=O) groups is 2. The number of hydrogen-bond acceptors (Lipinski definition) is 4. The molecule has 1 saturated carbocycles. The fraction of sp³-hybridized carbons (Fsp3) is 0.312. The van der Waals surface area contributed by atoms with E-state index >= 15 is 4.39 Å². The van der Waals surface area contributed by atoms with E-state index in [0.717, 1.165) is 43.4 Å². The Morgan fingerprint density at radius 2 is 1.68 bits per heavy atom. The Balaban J connectivity index is 1.68. The zero-order valence-electron chi connectivity index (χ0n) is 23.2. The smallest absolute Gasteiger partial charge is 0.330 e. The summed E-state index contributed by atoms with van der Waals surface area (Å²) in [6.45, 7) is -1.27. The minimum Gasteiger partial charge on any atom is -0.466 e. The van der Waals surface area contributed by atoms with Crippen LogP contribution in [0.5, 0.6) is 0 Å². The third-order valence-electron chi connectivity index (χ3n) is 6.94. The van der Waals surface area contributed by atoms with Gasteiger partial charge in [-0.15, -0.1) is 0 Å². The normalized spacial score (nSPS) is 15.1. The third kappa shape index (κ3) is 6.68. The molecule has 38 heavy (non-hydrogen) atoms. The number of rotatable bonds is 8. The average molecular weight is 516 g/mol. The molecule has 6 heteroatoms. The number of halogens is 1. The van der Waals surface area contributed by atoms with Crippen molar-refractivity contribution in [2.24, 2.45) is 5.92 Å². The fourth-order valence-electron chi connectivity index (χ4n) is 4.72.